The first-order valence-electron chi connectivity index (χ1n) is 12.8. The second kappa shape index (κ2) is 9.53. The summed E-state index contributed by atoms with van der Waals surface area (Å²) in [5.41, 5.74) is 0.615. The molecule has 41 heavy (non-hydrogen) atoms. The summed E-state index contributed by atoms with van der Waals surface area (Å²) in [6, 6.07) is 6.08. The summed E-state index contributed by atoms with van der Waals surface area (Å²) in [6.45, 7) is 0.162. The third-order valence-electron chi connectivity index (χ3n) is 7.95. The van der Waals surface area contributed by atoms with Crippen molar-refractivity contribution in [3.05, 3.63) is 76.7 Å². The number of nitrogens with zero attached hydrogens (tertiary/aromatic N) is 8. The van der Waals surface area contributed by atoms with E-state index in [0.717, 1.165) is 0 Å². The Labute approximate surface area is 236 Å². The van der Waals surface area contributed by atoms with Crippen LogP contribution in [0.15, 0.2) is 43.0 Å². The van der Waals surface area contributed by atoms with Crippen LogP contribution in [0.4, 0.5) is 8.78 Å². The number of tetrazole rings is 1. The maximum absolute atomic E-state index is 15.5. The number of hydrogen-bond acceptors (Lipinski definition) is 8. The monoisotopic (exact) mass is 575 g/mol. The van der Waals surface area contributed by atoms with Crippen molar-refractivity contribution in [2.24, 2.45) is 0 Å². The zero-order valence-corrected chi connectivity index (χ0v) is 22.0. The number of halogens is 3. The lowest BCUT2D eigenvalue weighted by Crippen LogP contribution is -2.46. The van der Waals surface area contributed by atoms with Crippen molar-refractivity contribution in [2.45, 2.75) is 36.8 Å². The third kappa shape index (κ3) is 3.93. The minimum atomic E-state index is -1.11. The number of nitrogens with one attached hydrogen (secondary N) is 1. The molecule has 0 unspecified atom stereocenters. The smallest absolute Gasteiger partial charge is 0.247 e. The van der Waals surface area contributed by atoms with Gasteiger partial charge in [-0.2, -0.15) is 9.94 Å². The molecule has 3 aliphatic rings. The lowest BCUT2D eigenvalue weighted by Gasteiger charge is -2.34. The van der Waals surface area contributed by atoms with Crippen LogP contribution < -0.4 is 0 Å². The van der Waals surface area contributed by atoms with Gasteiger partial charge in [0.2, 0.25) is 5.91 Å². The average molecular weight is 576 g/mol. The quantitative estimate of drug-likeness (QED) is 0.380. The lowest BCUT2D eigenvalue weighted by atomic mass is 9.82. The van der Waals surface area contributed by atoms with Crippen LogP contribution in [-0.4, -0.2) is 65.2 Å². The highest BCUT2D eigenvalue weighted by molar-refractivity contribution is 6.31. The van der Waals surface area contributed by atoms with Crippen molar-refractivity contribution < 1.29 is 18.3 Å². The normalized spacial score (nSPS) is 21.3. The molecule has 0 spiro atoms. The van der Waals surface area contributed by atoms with Crippen molar-refractivity contribution >= 4 is 23.1 Å². The van der Waals surface area contributed by atoms with Crippen LogP contribution in [-0.2, 0) is 14.9 Å². The molecule has 1 aromatic carbocycles. The summed E-state index contributed by atoms with van der Waals surface area (Å²) in [5, 5.41) is 20.7. The summed E-state index contributed by atoms with van der Waals surface area (Å²) in [7, 11) is 0. The number of ether oxygens (including phenoxy) is 1. The Hall–Kier alpha value is -4.54. The molecule has 1 amide bonds. The van der Waals surface area contributed by atoms with E-state index in [0.29, 0.717) is 42.0 Å². The minimum Gasteiger partial charge on any atom is -0.377 e. The Bertz CT molecular complexity index is 1760. The highest BCUT2D eigenvalue weighted by Crippen LogP contribution is 2.44. The number of rotatable bonds is 5. The van der Waals surface area contributed by atoms with E-state index in [-0.39, 0.29) is 53.0 Å². The second-order valence-electron chi connectivity index (χ2n) is 10.3. The fourth-order valence-electron chi connectivity index (χ4n) is 5.89. The Morgan fingerprint density at radius 3 is 2.76 bits per heavy atom. The van der Waals surface area contributed by atoms with E-state index in [1.165, 1.54) is 41.6 Å². The molecular weight excluding hydrogens is 556 g/mol. The first kappa shape index (κ1) is 25.4. The van der Waals surface area contributed by atoms with Gasteiger partial charge < -0.3 is 14.6 Å². The van der Waals surface area contributed by atoms with Crippen LogP contribution in [0.2, 0.25) is 5.02 Å². The maximum atomic E-state index is 15.5. The first-order valence-corrected chi connectivity index (χ1v) is 13.2. The fourth-order valence-corrected chi connectivity index (χ4v) is 6.05. The van der Waals surface area contributed by atoms with Crippen molar-refractivity contribution in [3.63, 3.8) is 0 Å². The molecule has 2 saturated heterocycles. The molecule has 3 aromatic heterocycles. The number of amides is 1. The zero-order valence-electron chi connectivity index (χ0n) is 21.3. The Balaban J connectivity index is 1.19. The summed E-state index contributed by atoms with van der Waals surface area (Å²) in [4.78, 5) is 27.0. The number of carbonyl (C=O) groups excluding carboxylic acids is 1. The molecule has 4 aromatic rings. The van der Waals surface area contributed by atoms with Crippen LogP contribution in [0.25, 0.3) is 22.5 Å². The van der Waals surface area contributed by atoms with Crippen molar-refractivity contribution in [1.29, 1.82) is 5.26 Å². The number of aromatic nitrogens is 7. The van der Waals surface area contributed by atoms with Gasteiger partial charge in [-0.1, -0.05) is 11.6 Å². The van der Waals surface area contributed by atoms with Gasteiger partial charge in [-0.05, 0) is 53.5 Å². The summed E-state index contributed by atoms with van der Waals surface area (Å²) in [6.07, 6.45) is 7.39. The number of fused-ring (bicyclic) bond motifs is 1. The van der Waals surface area contributed by atoms with Gasteiger partial charge in [-0.3, -0.25) is 9.78 Å². The van der Waals surface area contributed by atoms with Gasteiger partial charge in [0.05, 0.1) is 47.9 Å². The Morgan fingerprint density at radius 1 is 1.17 bits per heavy atom. The average Bonchev–Trinajstić information content (AvgIpc) is 3.72. The van der Waals surface area contributed by atoms with E-state index in [9.17, 15) is 10.1 Å². The maximum Gasteiger partial charge on any atom is 0.247 e. The second-order valence-corrected chi connectivity index (χ2v) is 10.7. The highest BCUT2D eigenvalue weighted by atomic mass is 35.5. The number of hydrogen-bond donors (Lipinski definition) is 1. The first-order chi connectivity index (χ1) is 19.9. The largest absolute Gasteiger partial charge is 0.377 e. The van der Waals surface area contributed by atoms with E-state index in [2.05, 4.69) is 36.5 Å². The van der Waals surface area contributed by atoms with Crippen LogP contribution in [0, 0.1) is 23.0 Å². The predicted octanol–water partition coefficient (Wildman–Crippen LogP) is 3.69. The van der Waals surface area contributed by atoms with Gasteiger partial charge >= 0.3 is 0 Å². The zero-order chi connectivity index (χ0) is 28.3. The molecule has 1 N–H and O–H groups in total. The van der Waals surface area contributed by atoms with E-state index < -0.39 is 17.0 Å². The Morgan fingerprint density at radius 2 is 2.02 bits per heavy atom. The number of pyridine rings is 1. The molecule has 2 fully saturated rings. The molecular formula is C27H20ClF2N9O2. The molecule has 0 radical (unpaired) electrons. The molecule has 7 rings (SSSR count). The Kier molecular flexibility index (Phi) is 5.91. The number of aromatic amines is 1. The number of imidazole rings is 1. The predicted molar refractivity (Wildman–Crippen MR) is 139 cm³/mol. The lowest BCUT2D eigenvalue weighted by molar-refractivity contribution is -0.129. The summed E-state index contributed by atoms with van der Waals surface area (Å²) in [5.74, 6) is -1.05. The number of nitriles is 1. The number of benzene rings is 1. The van der Waals surface area contributed by atoms with Gasteiger partial charge in [0, 0.05) is 29.4 Å². The van der Waals surface area contributed by atoms with E-state index in [1.807, 2.05) is 0 Å². The van der Waals surface area contributed by atoms with Gasteiger partial charge in [-0.25, -0.2) is 13.8 Å². The molecule has 11 nitrogen and oxygen atoms in total. The summed E-state index contributed by atoms with van der Waals surface area (Å²) >= 11 is 6.11. The van der Waals surface area contributed by atoms with E-state index in [1.54, 1.807) is 11.0 Å². The molecule has 0 saturated carbocycles. The van der Waals surface area contributed by atoms with Crippen LogP contribution in [0.3, 0.4) is 0 Å². The number of H-pyrrole nitrogens is 1. The highest BCUT2D eigenvalue weighted by Gasteiger charge is 2.45. The number of carbonyl (C=O) groups is 1. The third-order valence-corrected chi connectivity index (χ3v) is 8.25. The molecule has 0 bridgehead atoms. The SMILES string of the molecule is N#CC1(c2nccc(-c3cnc([C@@H]4CC[C@@H]5CC(c6c(-n7cnnn7)ccc(Cl)c6F)=CC(=O)N54)[nH]3)c2F)COC1. The molecule has 2 atom stereocenters. The van der Waals surface area contributed by atoms with Gasteiger partial charge in [0.1, 0.15) is 23.3 Å². The van der Waals surface area contributed by atoms with Gasteiger partial charge in [0.25, 0.3) is 0 Å². The minimum absolute atomic E-state index is 0.0407. The van der Waals surface area contributed by atoms with Crippen molar-refractivity contribution in [3.8, 4) is 23.0 Å². The molecule has 206 valence electrons. The molecule has 14 heteroatoms. The van der Waals surface area contributed by atoms with E-state index in [4.69, 9.17) is 16.3 Å². The van der Waals surface area contributed by atoms with E-state index >= 15 is 8.78 Å². The molecule has 0 aliphatic carbocycles. The fraction of sp³-hybridized carbons (Fsp3) is 0.296. The topological polar surface area (TPSA) is 138 Å². The van der Waals surface area contributed by atoms with Crippen molar-refractivity contribution in [2.75, 3.05) is 13.2 Å². The summed E-state index contributed by atoms with van der Waals surface area (Å²) < 4.78 is 37.4. The van der Waals surface area contributed by atoms with Crippen LogP contribution in [0.1, 0.15) is 42.4 Å². The van der Waals surface area contributed by atoms with Gasteiger partial charge in [-0.15, -0.1) is 5.10 Å². The van der Waals surface area contributed by atoms with Crippen LogP contribution in [0.5, 0.6) is 0 Å². The molecule has 6 heterocycles. The molecule has 3 aliphatic heterocycles. The van der Waals surface area contributed by atoms with Crippen molar-refractivity contribution in [1.82, 2.24) is 40.1 Å². The van der Waals surface area contributed by atoms with Crippen LogP contribution >= 0.6 is 11.6 Å². The standard InChI is InChI=1S/C27H20ClF2N9O2/c28-17-2-4-19(38-13-34-36-37-38)22(24(17)30)14-7-15-1-3-20(39(15)21(40)8-14)26-33-9-18(35-26)16-5-6-32-25(23(16)29)27(10-31)11-41-12-27/h2,4-6,8-9,13,15,20H,1,3,7,11-12H2,(H,33,35)/t15-,20+/m1/s1. The van der Waals surface area contributed by atoms with Gasteiger partial charge in [0.15, 0.2) is 11.6 Å².